The summed E-state index contributed by atoms with van der Waals surface area (Å²) in [7, 11) is -3.44. The van der Waals surface area contributed by atoms with Gasteiger partial charge in [-0.2, -0.15) is 4.31 Å². The summed E-state index contributed by atoms with van der Waals surface area (Å²) in [6.45, 7) is 3.32. The molecule has 1 fully saturated rings. The minimum Gasteiger partial charge on any atom is -0.480 e. The van der Waals surface area contributed by atoms with Crippen molar-refractivity contribution in [3.05, 3.63) is 12.7 Å². The van der Waals surface area contributed by atoms with Gasteiger partial charge in [0.05, 0.1) is 5.75 Å². The van der Waals surface area contributed by atoms with Crippen LogP contribution in [-0.4, -0.2) is 48.2 Å². The third kappa shape index (κ3) is 2.36. The molecule has 1 aliphatic heterocycles. The molecule has 0 bridgehead atoms. The van der Waals surface area contributed by atoms with E-state index in [4.69, 9.17) is 10.8 Å². The highest BCUT2D eigenvalue weighted by Crippen LogP contribution is 2.21. The van der Waals surface area contributed by atoms with E-state index in [0.29, 0.717) is 0 Å². The number of nitrogens with two attached hydrogens (primary N) is 1. The maximum absolute atomic E-state index is 11.5. The molecule has 0 aromatic heterocycles. The molecule has 0 aliphatic carbocycles. The molecule has 1 unspecified atom stereocenters. The fraction of sp³-hybridized carbons (Fsp3) is 0.625. The minimum absolute atomic E-state index is 0.138. The molecule has 3 N–H and O–H groups in total. The molecule has 1 saturated heterocycles. The molecular formula is C8H14N2O4S. The molecule has 0 spiro atoms. The first kappa shape index (κ1) is 12.2. The SMILES string of the molecule is C=CCS(=O)(=O)N1CCC(N)(C(=O)O)C1. The van der Waals surface area contributed by atoms with Crippen LogP contribution in [0.2, 0.25) is 0 Å². The third-order valence-electron chi connectivity index (χ3n) is 2.41. The van der Waals surface area contributed by atoms with Gasteiger partial charge in [0, 0.05) is 13.1 Å². The third-order valence-corrected chi connectivity index (χ3v) is 4.17. The lowest BCUT2D eigenvalue weighted by atomic mass is 10.0. The van der Waals surface area contributed by atoms with Gasteiger partial charge < -0.3 is 10.8 Å². The Morgan fingerprint density at radius 2 is 2.27 bits per heavy atom. The van der Waals surface area contributed by atoms with Crippen LogP contribution >= 0.6 is 0 Å². The zero-order chi connectivity index (χ0) is 11.7. The Kier molecular flexibility index (Phi) is 3.17. The zero-order valence-corrected chi connectivity index (χ0v) is 9.03. The number of carboxylic acids is 1. The lowest BCUT2D eigenvalue weighted by molar-refractivity contribution is -0.142. The van der Waals surface area contributed by atoms with Crippen LogP contribution in [0.1, 0.15) is 6.42 Å². The number of nitrogens with zero attached hydrogens (tertiary/aromatic N) is 1. The van der Waals surface area contributed by atoms with Crippen LogP contribution in [0, 0.1) is 0 Å². The van der Waals surface area contributed by atoms with Crippen LogP contribution in [0.5, 0.6) is 0 Å². The number of aliphatic carboxylic acids is 1. The maximum Gasteiger partial charge on any atom is 0.325 e. The van der Waals surface area contributed by atoms with E-state index < -0.39 is 21.5 Å². The van der Waals surface area contributed by atoms with E-state index >= 15 is 0 Å². The van der Waals surface area contributed by atoms with Crippen LogP contribution in [0.15, 0.2) is 12.7 Å². The van der Waals surface area contributed by atoms with Crippen molar-refractivity contribution >= 4 is 16.0 Å². The van der Waals surface area contributed by atoms with Gasteiger partial charge in [0.1, 0.15) is 5.54 Å². The maximum atomic E-state index is 11.5. The molecule has 15 heavy (non-hydrogen) atoms. The number of hydrogen-bond donors (Lipinski definition) is 2. The van der Waals surface area contributed by atoms with Crippen molar-refractivity contribution in [2.75, 3.05) is 18.8 Å². The Balaban J connectivity index is 2.80. The second-order valence-electron chi connectivity index (χ2n) is 3.61. The van der Waals surface area contributed by atoms with E-state index in [1.165, 1.54) is 6.08 Å². The van der Waals surface area contributed by atoms with Gasteiger partial charge in [-0.3, -0.25) is 4.79 Å². The van der Waals surface area contributed by atoms with E-state index in [1.54, 1.807) is 0 Å². The number of carboxylic acid groups (broad SMARTS) is 1. The second-order valence-corrected chi connectivity index (χ2v) is 5.63. The first-order valence-corrected chi connectivity index (χ1v) is 6.04. The first-order valence-electron chi connectivity index (χ1n) is 4.43. The summed E-state index contributed by atoms with van der Waals surface area (Å²) in [5.41, 5.74) is 4.10. The van der Waals surface area contributed by atoms with Crippen molar-refractivity contribution < 1.29 is 18.3 Å². The molecule has 7 heteroatoms. The standard InChI is InChI=1S/C8H14N2O4S/c1-2-5-15(13,14)10-4-3-8(9,6-10)7(11)12/h2H,1,3-6,9H2,(H,11,12). The van der Waals surface area contributed by atoms with E-state index in [-0.39, 0.29) is 25.3 Å². The van der Waals surface area contributed by atoms with Gasteiger partial charge in [-0.05, 0) is 6.42 Å². The van der Waals surface area contributed by atoms with Gasteiger partial charge in [-0.15, -0.1) is 6.58 Å². The average Bonchev–Trinajstić information content (AvgIpc) is 2.50. The summed E-state index contributed by atoms with van der Waals surface area (Å²) < 4.78 is 24.2. The Labute approximate surface area is 88.4 Å². The highest BCUT2D eigenvalue weighted by atomic mass is 32.2. The summed E-state index contributed by atoms with van der Waals surface area (Å²) in [6.07, 6.45) is 1.41. The molecule has 1 atom stereocenters. The van der Waals surface area contributed by atoms with Gasteiger partial charge in [0.25, 0.3) is 0 Å². The van der Waals surface area contributed by atoms with Gasteiger partial charge in [-0.1, -0.05) is 6.08 Å². The van der Waals surface area contributed by atoms with Gasteiger partial charge >= 0.3 is 5.97 Å². The number of carbonyl (C=O) groups is 1. The summed E-state index contributed by atoms with van der Waals surface area (Å²) in [5, 5.41) is 8.82. The lowest BCUT2D eigenvalue weighted by Gasteiger charge is -2.19. The molecular weight excluding hydrogens is 220 g/mol. The predicted octanol–water partition coefficient (Wildman–Crippen LogP) is -1.01. The normalized spacial score (nSPS) is 27.8. The molecule has 86 valence electrons. The van der Waals surface area contributed by atoms with Crippen LogP contribution < -0.4 is 5.73 Å². The summed E-state index contributed by atoms with van der Waals surface area (Å²) in [4.78, 5) is 10.8. The van der Waals surface area contributed by atoms with E-state index in [2.05, 4.69) is 6.58 Å². The van der Waals surface area contributed by atoms with Crippen molar-refractivity contribution in [1.82, 2.24) is 4.31 Å². The fourth-order valence-corrected chi connectivity index (χ4v) is 2.77. The Morgan fingerprint density at radius 1 is 1.67 bits per heavy atom. The van der Waals surface area contributed by atoms with Gasteiger partial charge in [0.2, 0.25) is 10.0 Å². The molecule has 1 aliphatic rings. The van der Waals surface area contributed by atoms with E-state index in [0.717, 1.165) is 4.31 Å². The second kappa shape index (κ2) is 3.92. The smallest absolute Gasteiger partial charge is 0.325 e. The van der Waals surface area contributed by atoms with Crippen molar-refractivity contribution in [3.63, 3.8) is 0 Å². The quantitative estimate of drug-likeness (QED) is 0.607. The number of sulfonamides is 1. The molecule has 6 nitrogen and oxygen atoms in total. The molecule has 1 heterocycles. The monoisotopic (exact) mass is 234 g/mol. The van der Waals surface area contributed by atoms with Crippen LogP contribution in [0.3, 0.4) is 0 Å². The largest absolute Gasteiger partial charge is 0.480 e. The Hall–Kier alpha value is -0.920. The van der Waals surface area contributed by atoms with Crippen molar-refractivity contribution in [2.24, 2.45) is 5.73 Å². The average molecular weight is 234 g/mol. The molecule has 0 aromatic rings. The number of rotatable bonds is 4. The van der Waals surface area contributed by atoms with Crippen LogP contribution in [0.4, 0.5) is 0 Å². The van der Waals surface area contributed by atoms with Gasteiger partial charge in [0.15, 0.2) is 0 Å². The fourth-order valence-electron chi connectivity index (χ4n) is 1.46. The topological polar surface area (TPSA) is 101 Å². The van der Waals surface area contributed by atoms with Crippen LogP contribution in [0.25, 0.3) is 0 Å². The van der Waals surface area contributed by atoms with Crippen molar-refractivity contribution in [2.45, 2.75) is 12.0 Å². The highest BCUT2D eigenvalue weighted by molar-refractivity contribution is 7.89. The highest BCUT2D eigenvalue weighted by Gasteiger charge is 2.44. The molecule has 0 radical (unpaired) electrons. The Morgan fingerprint density at radius 3 is 2.67 bits per heavy atom. The number of hydrogen-bond acceptors (Lipinski definition) is 4. The Bertz CT molecular complexity index is 378. The molecule has 0 saturated carbocycles. The summed E-state index contributed by atoms with van der Waals surface area (Å²) in [6, 6.07) is 0. The predicted molar refractivity (Wildman–Crippen MR) is 54.7 cm³/mol. The lowest BCUT2D eigenvalue weighted by Crippen LogP contribution is -2.50. The molecule has 1 rings (SSSR count). The van der Waals surface area contributed by atoms with Crippen LogP contribution in [-0.2, 0) is 14.8 Å². The molecule has 0 amide bonds. The molecule has 0 aromatic carbocycles. The first-order chi connectivity index (χ1) is 6.82. The summed E-state index contributed by atoms with van der Waals surface area (Å²) in [5.74, 6) is -1.36. The van der Waals surface area contributed by atoms with Gasteiger partial charge in [-0.25, -0.2) is 8.42 Å². The summed E-state index contributed by atoms with van der Waals surface area (Å²) >= 11 is 0. The van der Waals surface area contributed by atoms with E-state index in [1.807, 2.05) is 0 Å². The van der Waals surface area contributed by atoms with Crippen molar-refractivity contribution in [1.29, 1.82) is 0 Å². The zero-order valence-electron chi connectivity index (χ0n) is 8.22. The van der Waals surface area contributed by atoms with Crippen molar-refractivity contribution in [3.8, 4) is 0 Å². The minimum atomic E-state index is -3.44. The van der Waals surface area contributed by atoms with E-state index in [9.17, 15) is 13.2 Å².